The summed E-state index contributed by atoms with van der Waals surface area (Å²) in [6.45, 7) is 2.23. The van der Waals surface area contributed by atoms with Crippen LogP contribution in [0.2, 0.25) is 0 Å². The molecule has 3 nitrogen and oxygen atoms in total. The molecule has 1 aromatic carbocycles. The fourth-order valence-electron chi connectivity index (χ4n) is 2.53. The van der Waals surface area contributed by atoms with Crippen molar-refractivity contribution in [2.24, 2.45) is 5.84 Å². The predicted molar refractivity (Wildman–Crippen MR) is 80.6 cm³/mol. The average molecular weight is 257 g/mol. The highest BCUT2D eigenvalue weighted by atomic mass is 15.2. The Bertz CT molecular complexity index is 505. The molecule has 3 heteroatoms. The normalized spacial score (nSPS) is 12.7. The second kappa shape index (κ2) is 7.22. The van der Waals surface area contributed by atoms with Crippen LogP contribution in [-0.4, -0.2) is 4.98 Å². The lowest BCUT2D eigenvalue weighted by Crippen LogP contribution is -2.28. The third-order valence-corrected chi connectivity index (χ3v) is 3.61. The summed E-state index contributed by atoms with van der Waals surface area (Å²) in [5, 5.41) is 1.20. The predicted octanol–water partition coefficient (Wildman–Crippen LogP) is 3.71. The van der Waals surface area contributed by atoms with Gasteiger partial charge in [0.2, 0.25) is 0 Å². The topological polar surface area (TPSA) is 50.9 Å². The minimum atomic E-state index is 0.213. The molecular formula is C16H23N3. The van der Waals surface area contributed by atoms with Crippen LogP contribution in [0.3, 0.4) is 0 Å². The van der Waals surface area contributed by atoms with Gasteiger partial charge < -0.3 is 0 Å². The van der Waals surface area contributed by atoms with Crippen molar-refractivity contribution in [3.63, 3.8) is 0 Å². The molecule has 0 amide bonds. The van der Waals surface area contributed by atoms with E-state index in [1.807, 2.05) is 18.3 Å². The molecule has 0 saturated heterocycles. The van der Waals surface area contributed by atoms with Crippen molar-refractivity contribution in [3.8, 4) is 0 Å². The number of unbranched alkanes of at least 4 members (excludes halogenated alkanes) is 3. The van der Waals surface area contributed by atoms with Gasteiger partial charge >= 0.3 is 0 Å². The van der Waals surface area contributed by atoms with Crippen LogP contribution in [0.15, 0.2) is 36.5 Å². The molecule has 0 bridgehead atoms. The molecule has 3 N–H and O–H groups in total. The van der Waals surface area contributed by atoms with E-state index in [0.29, 0.717) is 0 Å². The van der Waals surface area contributed by atoms with Crippen molar-refractivity contribution in [1.82, 2.24) is 10.4 Å². The molecule has 0 aliphatic rings. The van der Waals surface area contributed by atoms with E-state index in [1.165, 1.54) is 36.6 Å². The van der Waals surface area contributed by atoms with E-state index >= 15 is 0 Å². The molecule has 102 valence electrons. The second-order valence-electron chi connectivity index (χ2n) is 4.99. The lowest BCUT2D eigenvalue weighted by atomic mass is 9.97. The minimum Gasteiger partial charge on any atom is -0.271 e. The zero-order valence-corrected chi connectivity index (χ0v) is 11.6. The maximum Gasteiger partial charge on any atom is 0.0705 e. The molecule has 0 aliphatic heterocycles. The number of nitrogens with zero attached hydrogens (tertiary/aromatic N) is 1. The van der Waals surface area contributed by atoms with Crippen molar-refractivity contribution in [2.45, 2.75) is 45.1 Å². The van der Waals surface area contributed by atoms with Crippen LogP contribution >= 0.6 is 0 Å². The molecule has 1 atom stereocenters. The minimum absolute atomic E-state index is 0.213. The van der Waals surface area contributed by atoms with Crippen LogP contribution in [0.1, 0.15) is 50.6 Å². The van der Waals surface area contributed by atoms with Gasteiger partial charge in [0.25, 0.3) is 0 Å². The van der Waals surface area contributed by atoms with Crippen LogP contribution in [0.5, 0.6) is 0 Å². The summed E-state index contributed by atoms with van der Waals surface area (Å²) in [7, 11) is 0. The number of pyridine rings is 1. The largest absolute Gasteiger partial charge is 0.271 e. The van der Waals surface area contributed by atoms with Gasteiger partial charge in [0.05, 0.1) is 5.52 Å². The number of nitrogens with one attached hydrogen (secondary N) is 1. The molecule has 0 spiro atoms. The first-order valence-electron chi connectivity index (χ1n) is 7.16. The van der Waals surface area contributed by atoms with Gasteiger partial charge in [0.15, 0.2) is 0 Å². The fourth-order valence-corrected chi connectivity index (χ4v) is 2.53. The molecule has 0 aliphatic carbocycles. The number of nitrogens with two attached hydrogens (primary N) is 1. The number of hydrogen-bond acceptors (Lipinski definition) is 3. The molecular weight excluding hydrogens is 234 g/mol. The summed E-state index contributed by atoms with van der Waals surface area (Å²) in [6.07, 6.45) is 7.99. The van der Waals surface area contributed by atoms with Gasteiger partial charge in [-0.2, -0.15) is 0 Å². The van der Waals surface area contributed by atoms with Crippen LogP contribution in [0, 0.1) is 0 Å². The third-order valence-electron chi connectivity index (χ3n) is 3.61. The maximum absolute atomic E-state index is 5.74. The van der Waals surface area contributed by atoms with Crippen molar-refractivity contribution in [2.75, 3.05) is 0 Å². The van der Waals surface area contributed by atoms with Gasteiger partial charge in [-0.25, -0.2) is 0 Å². The number of fused-ring (bicyclic) bond motifs is 1. The molecule has 0 radical (unpaired) electrons. The van der Waals surface area contributed by atoms with Gasteiger partial charge in [0, 0.05) is 17.6 Å². The number of benzene rings is 1. The number of hydrazine groups is 1. The van der Waals surface area contributed by atoms with Crippen LogP contribution < -0.4 is 11.3 Å². The average Bonchev–Trinajstić information content (AvgIpc) is 2.47. The van der Waals surface area contributed by atoms with Crippen molar-refractivity contribution >= 4 is 10.9 Å². The summed E-state index contributed by atoms with van der Waals surface area (Å²) in [5.41, 5.74) is 5.25. The molecule has 2 rings (SSSR count). The van der Waals surface area contributed by atoms with Gasteiger partial charge in [-0.3, -0.25) is 16.3 Å². The van der Waals surface area contributed by atoms with Crippen LogP contribution in [0.25, 0.3) is 10.9 Å². The summed E-state index contributed by atoms with van der Waals surface area (Å²) >= 11 is 0. The Balaban J connectivity index is 2.16. The van der Waals surface area contributed by atoms with E-state index in [2.05, 4.69) is 35.5 Å². The molecule has 19 heavy (non-hydrogen) atoms. The van der Waals surface area contributed by atoms with Gasteiger partial charge in [0.1, 0.15) is 0 Å². The maximum atomic E-state index is 5.74. The molecule has 1 heterocycles. The first kappa shape index (κ1) is 14.0. The zero-order chi connectivity index (χ0) is 13.5. The highest BCUT2D eigenvalue weighted by Crippen LogP contribution is 2.26. The van der Waals surface area contributed by atoms with E-state index < -0.39 is 0 Å². The quantitative estimate of drug-likeness (QED) is 0.451. The van der Waals surface area contributed by atoms with E-state index in [1.54, 1.807) is 0 Å². The van der Waals surface area contributed by atoms with Gasteiger partial charge in [-0.15, -0.1) is 0 Å². The highest BCUT2D eigenvalue weighted by molar-refractivity contribution is 5.82. The van der Waals surface area contributed by atoms with Crippen molar-refractivity contribution in [3.05, 3.63) is 42.1 Å². The Hall–Kier alpha value is -1.45. The lowest BCUT2D eigenvalue weighted by Gasteiger charge is -2.18. The molecule has 1 aromatic heterocycles. The monoisotopic (exact) mass is 257 g/mol. The Kier molecular flexibility index (Phi) is 5.31. The summed E-state index contributed by atoms with van der Waals surface area (Å²) < 4.78 is 0. The lowest BCUT2D eigenvalue weighted by molar-refractivity contribution is 0.484. The van der Waals surface area contributed by atoms with E-state index in [-0.39, 0.29) is 6.04 Å². The summed E-state index contributed by atoms with van der Waals surface area (Å²) in [6, 6.07) is 10.5. The van der Waals surface area contributed by atoms with E-state index in [0.717, 1.165) is 11.9 Å². The summed E-state index contributed by atoms with van der Waals surface area (Å²) in [4.78, 5) is 4.40. The summed E-state index contributed by atoms with van der Waals surface area (Å²) in [5.74, 6) is 5.74. The number of para-hydroxylation sites is 1. The Morgan fingerprint density at radius 3 is 2.79 bits per heavy atom. The number of aromatic nitrogens is 1. The second-order valence-corrected chi connectivity index (χ2v) is 4.99. The van der Waals surface area contributed by atoms with Gasteiger partial charge in [-0.05, 0) is 24.1 Å². The third kappa shape index (κ3) is 3.52. The molecule has 0 saturated carbocycles. The Morgan fingerprint density at radius 2 is 2.00 bits per heavy atom. The van der Waals surface area contributed by atoms with E-state index in [9.17, 15) is 0 Å². The van der Waals surface area contributed by atoms with Crippen LogP contribution in [0.4, 0.5) is 0 Å². The van der Waals surface area contributed by atoms with Gasteiger partial charge in [-0.1, -0.05) is 50.8 Å². The first-order valence-corrected chi connectivity index (χ1v) is 7.16. The molecule has 0 fully saturated rings. The Labute approximate surface area is 115 Å². The standard InChI is InChI=1S/C16H23N3/c1-2-3-4-5-10-16(19-17)14-11-12-18-15-9-7-6-8-13(14)15/h6-9,11-12,16,19H,2-5,10,17H2,1H3. The zero-order valence-electron chi connectivity index (χ0n) is 11.6. The fraction of sp³-hybridized carbons (Fsp3) is 0.438. The van der Waals surface area contributed by atoms with Crippen molar-refractivity contribution in [1.29, 1.82) is 0 Å². The SMILES string of the molecule is CCCCCCC(NN)c1ccnc2ccccc12. The van der Waals surface area contributed by atoms with Crippen molar-refractivity contribution < 1.29 is 0 Å². The first-order chi connectivity index (χ1) is 9.36. The smallest absolute Gasteiger partial charge is 0.0705 e. The highest BCUT2D eigenvalue weighted by Gasteiger charge is 2.12. The van der Waals surface area contributed by atoms with Crippen LogP contribution in [-0.2, 0) is 0 Å². The number of hydrogen-bond donors (Lipinski definition) is 2. The molecule has 2 aromatic rings. The number of rotatable bonds is 7. The Morgan fingerprint density at radius 1 is 1.16 bits per heavy atom. The molecule has 1 unspecified atom stereocenters. The van der Waals surface area contributed by atoms with E-state index in [4.69, 9.17) is 5.84 Å².